The van der Waals surface area contributed by atoms with E-state index < -0.39 is 18.2 Å². The fourth-order valence-electron chi connectivity index (χ4n) is 3.14. The number of hydrogen-bond donors (Lipinski definition) is 1. The maximum Gasteiger partial charge on any atom is 0.350 e. The van der Waals surface area contributed by atoms with Gasteiger partial charge in [0, 0.05) is 18.2 Å². The quantitative estimate of drug-likeness (QED) is 0.338. The summed E-state index contributed by atoms with van der Waals surface area (Å²) in [7, 11) is 0. The standard InChI is InChI=1S/C23H23Cl2N3O4/c1-3-30-20(14-8-6-5-7-9-14)21(22(29)31-4-2)32-15-10-11-16(17(24)12-15)18-13-19(25)28-23(26)27-18/h5-13,20-21H,3-4H2,1-2H3,(H2,26,27,28). The summed E-state index contributed by atoms with van der Waals surface area (Å²) in [5.41, 5.74) is 7.53. The van der Waals surface area contributed by atoms with E-state index in [0.29, 0.717) is 28.6 Å². The minimum atomic E-state index is -1.04. The lowest BCUT2D eigenvalue weighted by Crippen LogP contribution is -2.37. The summed E-state index contributed by atoms with van der Waals surface area (Å²) in [6.45, 7) is 4.18. The van der Waals surface area contributed by atoms with E-state index in [0.717, 1.165) is 5.56 Å². The van der Waals surface area contributed by atoms with Gasteiger partial charge in [0.1, 0.15) is 17.0 Å². The highest BCUT2D eigenvalue weighted by Crippen LogP contribution is 2.33. The Hall–Kier alpha value is -2.87. The van der Waals surface area contributed by atoms with Gasteiger partial charge in [-0.05, 0) is 37.6 Å². The predicted molar refractivity (Wildman–Crippen MR) is 124 cm³/mol. The second-order valence-corrected chi connectivity index (χ2v) is 7.45. The minimum absolute atomic E-state index is 0.0358. The Balaban J connectivity index is 1.93. The van der Waals surface area contributed by atoms with Crippen LogP contribution in [0.4, 0.5) is 5.95 Å². The van der Waals surface area contributed by atoms with E-state index >= 15 is 0 Å². The molecule has 2 N–H and O–H groups in total. The van der Waals surface area contributed by atoms with E-state index in [1.54, 1.807) is 31.2 Å². The Kier molecular flexibility index (Phi) is 8.27. The molecule has 0 saturated carbocycles. The molecule has 2 atom stereocenters. The zero-order valence-corrected chi connectivity index (χ0v) is 19.1. The van der Waals surface area contributed by atoms with E-state index in [9.17, 15) is 4.79 Å². The first-order valence-electron chi connectivity index (χ1n) is 10.0. The van der Waals surface area contributed by atoms with Crippen molar-refractivity contribution >= 4 is 35.1 Å². The third-order valence-corrected chi connectivity index (χ3v) is 4.97. The molecule has 0 bridgehead atoms. The molecule has 1 heterocycles. The number of nitrogen functional groups attached to an aromatic ring is 1. The highest BCUT2D eigenvalue weighted by Gasteiger charge is 2.34. The van der Waals surface area contributed by atoms with Crippen molar-refractivity contribution in [2.24, 2.45) is 0 Å². The number of esters is 1. The third-order valence-electron chi connectivity index (χ3n) is 4.46. The Bertz CT molecular complexity index is 1050. The molecule has 32 heavy (non-hydrogen) atoms. The second-order valence-electron chi connectivity index (χ2n) is 6.65. The Morgan fingerprint density at radius 1 is 1.03 bits per heavy atom. The molecule has 1 aromatic heterocycles. The molecule has 9 heteroatoms. The molecule has 3 rings (SSSR count). The molecule has 0 aliphatic carbocycles. The van der Waals surface area contributed by atoms with Crippen LogP contribution in [0.15, 0.2) is 54.6 Å². The van der Waals surface area contributed by atoms with Crippen molar-refractivity contribution in [1.29, 1.82) is 0 Å². The normalized spacial score (nSPS) is 12.8. The first-order chi connectivity index (χ1) is 15.4. The molecule has 0 aliphatic heterocycles. The number of ether oxygens (including phenoxy) is 3. The summed E-state index contributed by atoms with van der Waals surface area (Å²) in [4.78, 5) is 20.8. The summed E-state index contributed by atoms with van der Waals surface area (Å²) in [5.74, 6) is -0.135. The van der Waals surface area contributed by atoms with Crippen molar-refractivity contribution < 1.29 is 19.0 Å². The van der Waals surface area contributed by atoms with E-state index in [2.05, 4.69) is 9.97 Å². The van der Waals surface area contributed by atoms with Crippen molar-refractivity contribution in [3.05, 3.63) is 70.3 Å². The Morgan fingerprint density at radius 2 is 1.78 bits per heavy atom. The molecule has 0 spiro atoms. The minimum Gasteiger partial charge on any atom is -0.476 e. The van der Waals surface area contributed by atoms with E-state index in [1.807, 2.05) is 37.3 Å². The first-order valence-corrected chi connectivity index (χ1v) is 10.8. The van der Waals surface area contributed by atoms with Gasteiger partial charge in [0.15, 0.2) is 0 Å². The maximum atomic E-state index is 12.8. The summed E-state index contributed by atoms with van der Waals surface area (Å²) in [6.07, 6.45) is -1.71. The molecule has 0 aliphatic rings. The van der Waals surface area contributed by atoms with Gasteiger partial charge in [-0.3, -0.25) is 0 Å². The van der Waals surface area contributed by atoms with E-state index in [4.69, 9.17) is 43.1 Å². The lowest BCUT2D eigenvalue weighted by atomic mass is 10.0. The number of rotatable bonds is 9. The van der Waals surface area contributed by atoms with Crippen molar-refractivity contribution in [2.75, 3.05) is 18.9 Å². The van der Waals surface area contributed by atoms with Gasteiger partial charge in [-0.15, -0.1) is 0 Å². The van der Waals surface area contributed by atoms with E-state index in [-0.39, 0.29) is 17.7 Å². The molecule has 0 radical (unpaired) electrons. The Labute approximate surface area is 196 Å². The molecular formula is C23H23Cl2N3O4. The van der Waals surface area contributed by atoms with Crippen LogP contribution in [0, 0.1) is 0 Å². The molecule has 7 nitrogen and oxygen atoms in total. The molecule has 0 fully saturated rings. The van der Waals surface area contributed by atoms with Crippen LogP contribution in [0.1, 0.15) is 25.5 Å². The van der Waals surface area contributed by atoms with Gasteiger partial charge in [0.05, 0.1) is 17.3 Å². The average molecular weight is 476 g/mol. The van der Waals surface area contributed by atoms with Crippen LogP contribution in [0.5, 0.6) is 5.75 Å². The monoisotopic (exact) mass is 475 g/mol. The maximum absolute atomic E-state index is 12.8. The van der Waals surface area contributed by atoms with Crippen LogP contribution >= 0.6 is 23.2 Å². The van der Waals surface area contributed by atoms with E-state index in [1.165, 1.54) is 0 Å². The zero-order chi connectivity index (χ0) is 23.1. The average Bonchev–Trinajstić information content (AvgIpc) is 2.76. The summed E-state index contributed by atoms with van der Waals surface area (Å²) in [6, 6.07) is 15.9. The van der Waals surface area contributed by atoms with Crippen molar-refractivity contribution in [3.63, 3.8) is 0 Å². The molecule has 0 amide bonds. The van der Waals surface area contributed by atoms with Crippen molar-refractivity contribution in [2.45, 2.75) is 26.1 Å². The number of nitrogens with zero attached hydrogens (tertiary/aromatic N) is 2. The molecule has 2 aromatic carbocycles. The van der Waals surface area contributed by atoms with Gasteiger partial charge >= 0.3 is 5.97 Å². The molecule has 0 saturated heterocycles. The zero-order valence-electron chi connectivity index (χ0n) is 17.6. The molecular weight excluding hydrogens is 453 g/mol. The largest absolute Gasteiger partial charge is 0.476 e. The van der Waals surface area contributed by atoms with Crippen LogP contribution in [-0.4, -0.2) is 35.3 Å². The number of anilines is 1. The highest BCUT2D eigenvalue weighted by molar-refractivity contribution is 6.33. The molecule has 3 aromatic rings. The fourth-order valence-corrected chi connectivity index (χ4v) is 3.59. The van der Waals surface area contributed by atoms with Gasteiger partial charge in [-0.1, -0.05) is 53.5 Å². The van der Waals surface area contributed by atoms with Crippen molar-refractivity contribution in [1.82, 2.24) is 9.97 Å². The first kappa shape index (κ1) is 23.8. The fraction of sp³-hybridized carbons (Fsp3) is 0.261. The van der Waals surface area contributed by atoms with Gasteiger partial charge in [-0.2, -0.15) is 0 Å². The molecule has 2 unspecified atom stereocenters. The second kappa shape index (κ2) is 11.1. The smallest absolute Gasteiger partial charge is 0.350 e. The Morgan fingerprint density at radius 3 is 2.41 bits per heavy atom. The van der Waals surface area contributed by atoms with Gasteiger partial charge < -0.3 is 19.9 Å². The van der Waals surface area contributed by atoms with Gasteiger partial charge in [-0.25, -0.2) is 14.8 Å². The lowest BCUT2D eigenvalue weighted by molar-refractivity contribution is -0.159. The summed E-state index contributed by atoms with van der Waals surface area (Å²) < 4.78 is 17.2. The number of hydrogen-bond acceptors (Lipinski definition) is 7. The SMILES string of the molecule is CCOC(=O)C(Oc1ccc(-c2cc(Cl)nc(N)n2)c(Cl)c1)C(OCC)c1ccccc1. The summed E-state index contributed by atoms with van der Waals surface area (Å²) >= 11 is 12.5. The molecule has 168 valence electrons. The van der Waals surface area contributed by atoms with Crippen LogP contribution in [0.3, 0.4) is 0 Å². The van der Waals surface area contributed by atoms with Crippen LogP contribution in [0.2, 0.25) is 10.2 Å². The number of halogens is 2. The highest BCUT2D eigenvalue weighted by atomic mass is 35.5. The topological polar surface area (TPSA) is 96.6 Å². The van der Waals surface area contributed by atoms with Crippen LogP contribution in [-0.2, 0) is 14.3 Å². The van der Waals surface area contributed by atoms with Crippen molar-refractivity contribution in [3.8, 4) is 17.0 Å². The predicted octanol–water partition coefficient (Wildman–Crippen LogP) is 5.12. The van der Waals surface area contributed by atoms with Gasteiger partial charge in [0.25, 0.3) is 0 Å². The third kappa shape index (κ3) is 5.88. The van der Waals surface area contributed by atoms with Gasteiger partial charge in [0.2, 0.25) is 12.1 Å². The summed E-state index contributed by atoms with van der Waals surface area (Å²) in [5, 5.41) is 0.542. The van der Waals surface area contributed by atoms with Crippen LogP contribution < -0.4 is 10.5 Å². The number of benzene rings is 2. The number of aromatic nitrogens is 2. The van der Waals surface area contributed by atoms with Crippen LogP contribution in [0.25, 0.3) is 11.3 Å². The number of nitrogens with two attached hydrogens (primary N) is 1. The number of carbonyl (C=O) groups is 1. The number of carbonyl (C=O) groups excluding carboxylic acids is 1. The lowest BCUT2D eigenvalue weighted by Gasteiger charge is -2.26.